The summed E-state index contributed by atoms with van der Waals surface area (Å²) in [6.45, 7) is 6.74. The summed E-state index contributed by atoms with van der Waals surface area (Å²) in [5.41, 5.74) is 1.24. The van der Waals surface area contributed by atoms with E-state index in [1.54, 1.807) is 20.2 Å². The molecule has 2 saturated heterocycles. The molecule has 0 spiro atoms. The van der Waals surface area contributed by atoms with E-state index in [0.29, 0.717) is 36.2 Å². The van der Waals surface area contributed by atoms with Crippen molar-refractivity contribution in [3.63, 3.8) is 0 Å². The number of rotatable bonds is 8. The minimum Gasteiger partial charge on any atom is -0.493 e. The fraction of sp³-hybridized carbons (Fsp3) is 0.538. The number of pyridine rings is 1. The lowest BCUT2D eigenvalue weighted by molar-refractivity contribution is -0.141. The second-order valence-electron chi connectivity index (χ2n) is 10.0. The van der Waals surface area contributed by atoms with Gasteiger partial charge in [-0.05, 0) is 43.2 Å². The average Bonchev–Trinajstić information content (AvgIpc) is 3.19. The van der Waals surface area contributed by atoms with Gasteiger partial charge in [0.15, 0.2) is 17.6 Å². The molecule has 0 unspecified atom stereocenters. The highest BCUT2D eigenvalue weighted by molar-refractivity contribution is 6.33. The van der Waals surface area contributed by atoms with Crippen molar-refractivity contribution in [1.29, 1.82) is 0 Å². The second-order valence-corrected chi connectivity index (χ2v) is 10.4. The molecule has 1 amide bonds. The van der Waals surface area contributed by atoms with Crippen molar-refractivity contribution in [2.24, 2.45) is 5.41 Å². The van der Waals surface area contributed by atoms with E-state index in [0.717, 1.165) is 16.9 Å². The number of methoxy groups -OCH3 is 1. The van der Waals surface area contributed by atoms with Crippen LogP contribution in [0.5, 0.6) is 11.5 Å². The average molecular weight is 520 g/mol. The molecule has 196 valence electrons. The Hall–Kier alpha value is -2.59. The van der Waals surface area contributed by atoms with Gasteiger partial charge in [-0.3, -0.25) is 4.79 Å². The van der Waals surface area contributed by atoms with Crippen molar-refractivity contribution >= 4 is 23.3 Å². The molecule has 10 heteroatoms. The Bertz CT molecular complexity index is 1110. The SMILES string of the molecule is COc1ccc([C@@H]2CN(C(=O)[C@@H](O)CO)C[C@@]2(C)[C@@H](C)O)cc1OC1CN(c2ncc(C)cc2Cl)C1. The van der Waals surface area contributed by atoms with Gasteiger partial charge in [0, 0.05) is 30.6 Å². The molecular formula is C26H34ClN3O6. The second kappa shape index (κ2) is 10.4. The molecule has 2 fully saturated rings. The molecule has 0 radical (unpaired) electrons. The lowest BCUT2D eigenvalue weighted by Gasteiger charge is -2.40. The number of amides is 1. The Morgan fingerprint density at radius 1 is 1.25 bits per heavy atom. The van der Waals surface area contributed by atoms with Crippen LogP contribution in [0.4, 0.5) is 5.82 Å². The Balaban J connectivity index is 1.53. The largest absolute Gasteiger partial charge is 0.493 e. The summed E-state index contributed by atoms with van der Waals surface area (Å²) in [4.78, 5) is 20.6. The molecule has 1 aromatic carbocycles. The van der Waals surface area contributed by atoms with E-state index in [2.05, 4.69) is 9.88 Å². The number of aliphatic hydroxyl groups is 3. The highest BCUT2D eigenvalue weighted by atomic mass is 35.5. The number of aromatic nitrogens is 1. The fourth-order valence-corrected chi connectivity index (χ4v) is 5.35. The number of aliphatic hydroxyl groups excluding tert-OH is 3. The molecular weight excluding hydrogens is 486 g/mol. The molecule has 9 nitrogen and oxygen atoms in total. The molecule has 36 heavy (non-hydrogen) atoms. The molecule has 0 bridgehead atoms. The number of anilines is 1. The maximum atomic E-state index is 12.6. The van der Waals surface area contributed by atoms with Crippen LogP contribution in [-0.2, 0) is 4.79 Å². The number of hydrogen-bond acceptors (Lipinski definition) is 8. The van der Waals surface area contributed by atoms with Crippen molar-refractivity contribution in [3.8, 4) is 11.5 Å². The van der Waals surface area contributed by atoms with Crippen LogP contribution in [-0.4, -0.2) is 89.3 Å². The quantitative estimate of drug-likeness (QED) is 0.485. The Morgan fingerprint density at radius 2 is 1.97 bits per heavy atom. The Morgan fingerprint density at radius 3 is 2.58 bits per heavy atom. The monoisotopic (exact) mass is 519 g/mol. The standard InChI is InChI=1S/C26H34ClN3O6/c1-15-7-20(27)24(28-9-15)29-10-18(11-29)36-23-8-17(5-6-22(23)35-4)19-12-30(25(34)21(33)13-31)14-26(19,3)16(2)32/h5-9,16,18-19,21,31-33H,10-14H2,1-4H3/t16-,19+,21+,26+/m1/s1. The third-order valence-corrected chi connectivity index (χ3v) is 7.72. The van der Waals surface area contributed by atoms with Gasteiger partial charge in [-0.2, -0.15) is 0 Å². The van der Waals surface area contributed by atoms with Crippen LogP contribution in [0.2, 0.25) is 5.02 Å². The molecule has 2 aliphatic rings. The normalized spacial score (nSPS) is 23.8. The molecule has 0 saturated carbocycles. The number of ether oxygens (including phenoxy) is 2. The number of likely N-dealkylation sites (tertiary alicyclic amines) is 1. The summed E-state index contributed by atoms with van der Waals surface area (Å²) in [5.74, 6) is 1.14. The number of carbonyl (C=O) groups is 1. The van der Waals surface area contributed by atoms with Crippen LogP contribution in [0.15, 0.2) is 30.5 Å². The maximum Gasteiger partial charge on any atom is 0.253 e. The molecule has 2 aliphatic heterocycles. The van der Waals surface area contributed by atoms with Gasteiger partial charge in [0.05, 0.1) is 37.9 Å². The predicted molar refractivity (Wildman–Crippen MR) is 136 cm³/mol. The van der Waals surface area contributed by atoms with Gasteiger partial charge in [-0.25, -0.2) is 4.98 Å². The van der Waals surface area contributed by atoms with E-state index in [-0.39, 0.29) is 18.6 Å². The van der Waals surface area contributed by atoms with E-state index in [4.69, 9.17) is 21.1 Å². The zero-order chi connectivity index (χ0) is 26.2. The van der Waals surface area contributed by atoms with Crippen molar-refractivity contribution in [3.05, 3.63) is 46.6 Å². The van der Waals surface area contributed by atoms with Gasteiger partial charge in [0.25, 0.3) is 5.91 Å². The van der Waals surface area contributed by atoms with E-state index in [1.807, 2.05) is 38.1 Å². The molecule has 3 heterocycles. The molecule has 1 aromatic heterocycles. The topological polar surface area (TPSA) is 116 Å². The molecule has 4 rings (SSSR count). The first-order chi connectivity index (χ1) is 17.1. The number of halogens is 1. The van der Waals surface area contributed by atoms with Crippen LogP contribution >= 0.6 is 11.6 Å². The van der Waals surface area contributed by atoms with Crippen molar-refractivity contribution in [2.75, 3.05) is 44.8 Å². The smallest absolute Gasteiger partial charge is 0.253 e. The van der Waals surface area contributed by atoms with Crippen LogP contribution in [0.25, 0.3) is 0 Å². The van der Waals surface area contributed by atoms with Gasteiger partial charge >= 0.3 is 0 Å². The van der Waals surface area contributed by atoms with Gasteiger partial charge < -0.3 is 34.6 Å². The minimum absolute atomic E-state index is 0.0853. The van der Waals surface area contributed by atoms with Crippen molar-refractivity contribution in [2.45, 2.75) is 45.0 Å². The minimum atomic E-state index is -1.48. The molecule has 2 aromatic rings. The van der Waals surface area contributed by atoms with Crippen molar-refractivity contribution in [1.82, 2.24) is 9.88 Å². The van der Waals surface area contributed by atoms with Crippen LogP contribution < -0.4 is 14.4 Å². The Kier molecular flexibility index (Phi) is 7.66. The first-order valence-electron chi connectivity index (χ1n) is 12.0. The summed E-state index contributed by atoms with van der Waals surface area (Å²) >= 11 is 6.36. The van der Waals surface area contributed by atoms with Gasteiger partial charge in [-0.1, -0.05) is 24.6 Å². The van der Waals surface area contributed by atoms with Gasteiger partial charge in [-0.15, -0.1) is 0 Å². The van der Waals surface area contributed by atoms with Crippen LogP contribution in [0, 0.1) is 12.3 Å². The van der Waals surface area contributed by atoms with Gasteiger partial charge in [0.2, 0.25) is 0 Å². The summed E-state index contributed by atoms with van der Waals surface area (Å²) < 4.78 is 11.8. The number of carbonyl (C=O) groups excluding carboxylic acids is 1. The number of benzene rings is 1. The van der Waals surface area contributed by atoms with Crippen LogP contribution in [0.3, 0.4) is 0 Å². The van der Waals surface area contributed by atoms with E-state index in [9.17, 15) is 20.1 Å². The summed E-state index contributed by atoms with van der Waals surface area (Å²) in [6, 6.07) is 7.53. The fourth-order valence-electron chi connectivity index (χ4n) is 5.01. The lowest BCUT2D eigenvalue weighted by Crippen LogP contribution is -2.54. The number of hydrogen-bond donors (Lipinski definition) is 3. The third-order valence-electron chi connectivity index (χ3n) is 7.44. The lowest BCUT2D eigenvalue weighted by atomic mass is 9.72. The van der Waals surface area contributed by atoms with Crippen molar-refractivity contribution < 1.29 is 29.6 Å². The maximum absolute atomic E-state index is 12.6. The zero-order valence-electron chi connectivity index (χ0n) is 21.0. The first-order valence-corrected chi connectivity index (χ1v) is 12.4. The van der Waals surface area contributed by atoms with E-state index >= 15 is 0 Å². The highest BCUT2D eigenvalue weighted by Crippen LogP contribution is 2.47. The number of nitrogens with zero attached hydrogens (tertiary/aromatic N) is 3. The molecule has 0 aliphatic carbocycles. The third kappa shape index (κ3) is 4.98. The summed E-state index contributed by atoms with van der Waals surface area (Å²) in [7, 11) is 1.58. The first kappa shape index (κ1) is 26.5. The summed E-state index contributed by atoms with van der Waals surface area (Å²) in [6.07, 6.45) is -0.492. The van der Waals surface area contributed by atoms with E-state index < -0.39 is 30.1 Å². The molecule has 3 N–H and O–H groups in total. The zero-order valence-corrected chi connectivity index (χ0v) is 21.8. The molecule has 4 atom stereocenters. The van der Waals surface area contributed by atoms with Gasteiger partial charge in [0.1, 0.15) is 11.9 Å². The predicted octanol–water partition coefficient (Wildman–Crippen LogP) is 1.99. The van der Waals surface area contributed by atoms with Crippen LogP contribution in [0.1, 0.15) is 30.9 Å². The highest BCUT2D eigenvalue weighted by Gasteiger charge is 2.49. The van der Waals surface area contributed by atoms with E-state index in [1.165, 1.54) is 4.90 Å². The Labute approximate surface area is 216 Å². The number of aryl methyl sites for hydroxylation is 1. The summed E-state index contributed by atoms with van der Waals surface area (Å²) in [5, 5.41) is 30.4.